The number of carboxylic acid groups (broad SMARTS) is 1. The minimum absolute atomic E-state index is 0.0448. The van der Waals surface area contributed by atoms with Crippen molar-refractivity contribution in [1.29, 1.82) is 0 Å². The largest absolute Gasteiger partial charge is 0.478 e. The average molecular weight is 412 g/mol. The fourth-order valence-electron chi connectivity index (χ4n) is 3.73. The number of unbranched alkanes of at least 4 members (excludes halogenated alkanes) is 2. The van der Waals surface area contributed by atoms with Crippen molar-refractivity contribution in [3.63, 3.8) is 0 Å². The number of piperidine rings is 1. The van der Waals surface area contributed by atoms with Crippen molar-refractivity contribution in [2.24, 2.45) is 5.14 Å². The molecule has 1 unspecified atom stereocenters. The number of nitrogens with two attached hydrogens (primary N) is 1. The van der Waals surface area contributed by atoms with Crippen LogP contribution in [0.1, 0.15) is 80.8 Å². The summed E-state index contributed by atoms with van der Waals surface area (Å²) in [4.78, 5) is 13.8. The summed E-state index contributed by atoms with van der Waals surface area (Å²) in [7, 11) is -4.07. The molecule has 1 aliphatic heterocycles. The summed E-state index contributed by atoms with van der Waals surface area (Å²) in [6.45, 7) is 6.52. The molecule has 1 aromatic rings. The molecule has 2 rings (SSSR count). The molecule has 1 heterocycles. The molecule has 1 fully saturated rings. The van der Waals surface area contributed by atoms with Crippen molar-refractivity contribution in [2.75, 3.05) is 24.5 Å². The third-order valence-electron chi connectivity index (χ3n) is 5.24. The van der Waals surface area contributed by atoms with Crippen molar-refractivity contribution >= 4 is 21.7 Å². The number of hydrogen-bond acceptors (Lipinski definition) is 5. The van der Waals surface area contributed by atoms with Crippen LogP contribution in [-0.2, 0) is 10.0 Å². The summed E-state index contributed by atoms with van der Waals surface area (Å²) in [5, 5.41) is 18.5. The summed E-state index contributed by atoms with van der Waals surface area (Å²) < 4.78 is 24.8. The van der Waals surface area contributed by atoms with Gasteiger partial charge in [0.25, 0.3) is 0 Å². The number of rotatable bonds is 10. The standard InChI is InChI=1S/C20H33N3O4S/c1-3-5-11-23(12-6-4-2)17-13-15(20(24)25)14-18(28(21,26)27)19(17)16-9-7-8-10-22-16/h13-14,16,22H,3-12H2,1-2H3,(H,24,25)(H2,21,26,27). The minimum atomic E-state index is -4.07. The number of benzene rings is 1. The van der Waals surface area contributed by atoms with Crippen molar-refractivity contribution in [3.8, 4) is 0 Å². The smallest absolute Gasteiger partial charge is 0.335 e. The second kappa shape index (κ2) is 10.2. The molecule has 4 N–H and O–H groups in total. The van der Waals surface area contributed by atoms with E-state index in [1.165, 1.54) is 6.07 Å². The lowest BCUT2D eigenvalue weighted by Gasteiger charge is -2.33. The Bertz CT molecular complexity index is 766. The maximum atomic E-state index is 12.4. The van der Waals surface area contributed by atoms with E-state index in [0.29, 0.717) is 11.3 Å². The van der Waals surface area contributed by atoms with Gasteiger partial charge in [-0.15, -0.1) is 0 Å². The number of primary sulfonamides is 1. The molecule has 0 saturated carbocycles. The highest BCUT2D eigenvalue weighted by molar-refractivity contribution is 7.89. The highest BCUT2D eigenvalue weighted by Gasteiger charge is 2.29. The molecule has 0 bridgehead atoms. The Hall–Kier alpha value is -1.64. The van der Waals surface area contributed by atoms with E-state index in [-0.39, 0.29) is 16.5 Å². The first-order valence-electron chi connectivity index (χ1n) is 10.2. The Kier molecular flexibility index (Phi) is 8.27. The number of carbonyl (C=O) groups is 1. The second-order valence-electron chi connectivity index (χ2n) is 7.45. The summed E-state index contributed by atoms with van der Waals surface area (Å²) in [6.07, 6.45) is 6.73. The van der Waals surface area contributed by atoms with E-state index in [0.717, 1.165) is 64.6 Å². The molecular formula is C20H33N3O4S. The Morgan fingerprint density at radius 3 is 2.32 bits per heavy atom. The number of aromatic carboxylic acids is 1. The number of hydrogen-bond donors (Lipinski definition) is 3. The molecule has 28 heavy (non-hydrogen) atoms. The molecular weight excluding hydrogens is 378 g/mol. The van der Waals surface area contributed by atoms with Crippen molar-refractivity contribution in [2.45, 2.75) is 69.7 Å². The van der Waals surface area contributed by atoms with Crippen LogP contribution in [0.25, 0.3) is 0 Å². The highest BCUT2D eigenvalue weighted by Crippen LogP contribution is 2.37. The summed E-state index contributed by atoms with van der Waals surface area (Å²) in [6, 6.07) is 2.68. The Morgan fingerprint density at radius 1 is 1.21 bits per heavy atom. The molecule has 7 nitrogen and oxygen atoms in total. The fraction of sp³-hybridized carbons (Fsp3) is 0.650. The fourth-order valence-corrected chi connectivity index (χ4v) is 4.58. The first kappa shape index (κ1) is 22.6. The maximum Gasteiger partial charge on any atom is 0.335 e. The monoisotopic (exact) mass is 411 g/mol. The lowest BCUT2D eigenvalue weighted by atomic mass is 9.94. The third kappa shape index (κ3) is 5.68. The van der Waals surface area contributed by atoms with E-state index < -0.39 is 16.0 Å². The number of anilines is 1. The van der Waals surface area contributed by atoms with E-state index in [4.69, 9.17) is 5.14 Å². The molecule has 1 saturated heterocycles. The Balaban J connectivity index is 2.69. The van der Waals surface area contributed by atoms with Gasteiger partial charge in [-0.25, -0.2) is 18.4 Å². The molecule has 0 radical (unpaired) electrons. The first-order valence-corrected chi connectivity index (χ1v) is 11.8. The first-order chi connectivity index (χ1) is 13.3. The quantitative estimate of drug-likeness (QED) is 0.545. The van der Waals surface area contributed by atoms with Crippen LogP contribution in [0.3, 0.4) is 0 Å². The van der Waals surface area contributed by atoms with Crippen LogP contribution in [0.2, 0.25) is 0 Å². The number of nitrogens with one attached hydrogen (secondary N) is 1. The van der Waals surface area contributed by atoms with Crippen LogP contribution in [0.15, 0.2) is 17.0 Å². The normalized spacial score (nSPS) is 17.5. The zero-order valence-electron chi connectivity index (χ0n) is 16.9. The molecule has 0 aromatic heterocycles. The van der Waals surface area contributed by atoms with Crippen LogP contribution in [0.4, 0.5) is 5.69 Å². The third-order valence-corrected chi connectivity index (χ3v) is 6.19. The van der Waals surface area contributed by atoms with Gasteiger partial charge in [0.15, 0.2) is 0 Å². The van der Waals surface area contributed by atoms with Gasteiger partial charge < -0.3 is 15.3 Å². The Labute approximate surface area is 168 Å². The molecule has 1 aliphatic rings. The molecule has 1 atom stereocenters. The van der Waals surface area contributed by atoms with Gasteiger partial charge in [-0.2, -0.15) is 0 Å². The van der Waals surface area contributed by atoms with Gasteiger partial charge in [0.1, 0.15) is 0 Å². The van der Waals surface area contributed by atoms with E-state index in [1.54, 1.807) is 6.07 Å². The van der Waals surface area contributed by atoms with E-state index in [2.05, 4.69) is 24.1 Å². The van der Waals surface area contributed by atoms with Gasteiger partial charge in [-0.05, 0) is 44.4 Å². The topological polar surface area (TPSA) is 113 Å². The zero-order valence-corrected chi connectivity index (χ0v) is 17.7. The summed E-state index contributed by atoms with van der Waals surface area (Å²) in [5.41, 5.74) is 1.27. The lowest BCUT2D eigenvalue weighted by molar-refractivity contribution is 0.0696. The summed E-state index contributed by atoms with van der Waals surface area (Å²) in [5.74, 6) is -1.15. The predicted molar refractivity (Wildman–Crippen MR) is 111 cm³/mol. The molecule has 0 aliphatic carbocycles. The van der Waals surface area contributed by atoms with Gasteiger partial charge in [-0.3, -0.25) is 0 Å². The summed E-state index contributed by atoms with van der Waals surface area (Å²) >= 11 is 0. The van der Waals surface area contributed by atoms with E-state index >= 15 is 0 Å². The van der Waals surface area contributed by atoms with E-state index in [9.17, 15) is 18.3 Å². The van der Waals surface area contributed by atoms with Crippen LogP contribution in [0.5, 0.6) is 0 Å². The maximum absolute atomic E-state index is 12.4. The number of carboxylic acids is 1. The molecule has 0 amide bonds. The predicted octanol–water partition coefficient (Wildman–Crippen LogP) is 3.25. The lowest BCUT2D eigenvalue weighted by Crippen LogP contribution is -2.33. The van der Waals surface area contributed by atoms with Crippen LogP contribution < -0.4 is 15.4 Å². The van der Waals surface area contributed by atoms with Crippen molar-refractivity contribution in [1.82, 2.24) is 5.32 Å². The number of sulfonamides is 1. The van der Waals surface area contributed by atoms with Gasteiger partial charge >= 0.3 is 5.97 Å². The molecule has 158 valence electrons. The van der Waals surface area contributed by atoms with Crippen LogP contribution in [-0.4, -0.2) is 39.1 Å². The zero-order chi connectivity index (χ0) is 20.7. The highest BCUT2D eigenvalue weighted by atomic mass is 32.2. The van der Waals surface area contributed by atoms with Crippen LogP contribution >= 0.6 is 0 Å². The van der Waals surface area contributed by atoms with Crippen molar-refractivity contribution < 1.29 is 18.3 Å². The Morgan fingerprint density at radius 2 is 1.86 bits per heavy atom. The second-order valence-corrected chi connectivity index (χ2v) is 8.98. The minimum Gasteiger partial charge on any atom is -0.478 e. The molecule has 0 spiro atoms. The molecule has 8 heteroatoms. The number of nitrogens with zero attached hydrogens (tertiary/aromatic N) is 1. The molecule has 1 aromatic carbocycles. The van der Waals surface area contributed by atoms with Gasteiger partial charge in [0, 0.05) is 30.4 Å². The average Bonchev–Trinajstić information content (AvgIpc) is 2.67. The van der Waals surface area contributed by atoms with Crippen molar-refractivity contribution in [3.05, 3.63) is 23.3 Å². The van der Waals surface area contributed by atoms with Gasteiger partial charge in [0.2, 0.25) is 10.0 Å². The van der Waals surface area contributed by atoms with Crippen LogP contribution in [0, 0.1) is 0 Å². The SMILES string of the molecule is CCCCN(CCCC)c1cc(C(=O)O)cc(S(N)(=O)=O)c1C1CCCCN1. The van der Waals surface area contributed by atoms with Gasteiger partial charge in [0.05, 0.1) is 10.5 Å². The van der Waals surface area contributed by atoms with E-state index in [1.807, 2.05) is 0 Å². The van der Waals surface area contributed by atoms with Gasteiger partial charge in [-0.1, -0.05) is 33.1 Å².